The van der Waals surface area contributed by atoms with Crippen molar-refractivity contribution < 1.29 is 33.3 Å². The number of ether oxygens (including phenoxy) is 1. The molecule has 0 aliphatic carbocycles. The molecule has 0 aromatic heterocycles. The minimum Gasteiger partial charge on any atom is -0.453 e. The molecule has 0 aliphatic rings. The van der Waals surface area contributed by atoms with E-state index in [4.69, 9.17) is 0 Å². The summed E-state index contributed by atoms with van der Waals surface area (Å²) in [6, 6.07) is 9.07. The van der Waals surface area contributed by atoms with Crippen molar-refractivity contribution in [1.82, 2.24) is 16.0 Å². The van der Waals surface area contributed by atoms with Gasteiger partial charge in [-0.2, -0.15) is 0 Å². The Labute approximate surface area is 235 Å². The molecule has 2 aromatic carbocycles. The van der Waals surface area contributed by atoms with Gasteiger partial charge < -0.3 is 30.9 Å². The third kappa shape index (κ3) is 12.0. The van der Waals surface area contributed by atoms with Crippen LogP contribution in [0.1, 0.15) is 62.6 Å². The molecule has 0 heterocycles. The molecule has 0 bridgehead atoms. The lowest BCUT2D eigenvalue weighted by molar-refractivity contribution is -0.124. The molecule has 0 fully saturated rings. The fourth-order valence-corrected chi connectivity index (χ4v) is 4.43. The number of carbonyl (C=O) groups excluding carboxylic acids is 2. The normalized spacial score (nSPS) is 14.2. The molecule has 0 saturated heterocycles. The van der Waals surface area contributed by atoms with Gasteiger partial charge in [0.05, 0.1) is 25.4 Å². The highest BCUT2D eigenvalue weighted by molar-refractivity contribution is 5.85. The number of hydrogen-bond acceptors (Lipinski definition) is 6. The summed E-state index contributed by atoms with van der Waals surface area (Å²) < 4.78 is 32.4. The van der Waals surface area contributed by atoms with Crippen LogP contribution in [0.3, 0.4) is 0 Å². The lowest BCUT2D eigenvalue weighted by atomic mass is 9.99. The first-order chi connectivity index (χ1) is 19.1. The van der Waals surface area contributed by atoms with Gasteiger partial charge in [-0.25, -0.2) is 13.6 Å². The number of benzene rings is 2. The maximum atomic E-state index is 13.9. The minimum absolute atomic E-state index is 0.0569. The summed E-state index contributed by atoms with van der Waals surface area (Å²) >= 11 is 0. The van der Waals surface area contributed by atoms with Gasteiger partial charge in [-0.05, 0) is 60.9 Å². The van der Waals surface area contributed by atoms with E-state index in [-0.39, 0.29) is 31.4 Å². The number of rotatable bonds is 17. The first-order valence-corrected chi connectivity index (χ1v) is 13.9. The average molecular weight is 564 g/mol. The van der Waals surface area contributed by atoms with E-state index < -0.39 is 47.9 Å². The molecule has 2 rings (SSSR count). The van der Waals surface area contributed by atoms with E-state index in [2.05, 4.69) is 33.7 Å². The van der Waals surface area contributed by atoms with Gasteiger partial charge in [0.1, 0.15) is 17.7 Å². The van der Waals surface area contributed by atoms with Gasteiger partial charge in [0, 0.05) is 19.2 Å². The number of amides is 2. The largest absolute Gasteiger partial charge is 0.453 e. The molecule has 0 spiro atoms. The zero-order valence-corrected chi connectivity index (χ0v) is 23.6. The van der Waals surface area contributed by atoms with E-state index in [0.717, 1.165) is 43.0 Å². The third-order valence-corrected chi connectivity index (χ3v) is 6.73. The van der Waals surface area contributed by atoms with Crippen molar-refractivity contribution in [3.63, 3.8) is 0 Å². The summed E-state index contributed by atoms with van der Waals surface area (Å²) in [7, 11) is 1.17. The van der Waals surface area contributed by atoms with Crippen LogP contribution in [-0.2, 0) is 28.9 Å². The molecule has 40 heavy (non-hydrogen) atoms. The zero-order chi connectivity index (χ0) is 29.5. The summed E-state index contributed by atoms with van der Waals surface area (Å²) in [5.41, 5.74) is 2.47. The van der Waals surface area contributed by atoms with Crippen molar-refractivity contribution in [2.24, 2.45) is 0 Å². The van der Waals surface area contributed by atoms with E-state index in [1.807, 2.05) is 25.1 Å². The molecule has 1 unspecified atom stereocenters. The van der Waals surface area contributed by atoms with Gasteiger partial charge in [0.25, 0.3) is 0 Å². The molecule has 0 aliphatic heterocycles. The third-order valence-electron chi connectivity index (χ3n) is 6.73. The molecule has 5 N–H and O–H groups in total. The van der Waals surface area contributed by atoms with Crippen molar-refractivity contribution in [3.05, 3.63) is 70.8 Å². The first-order valence-electron chi connectivity index (χ1n) is 13.9. The van der Waals surface area contributed by atoms with Crippen LogP contribution in [0.15, 0.2) is 42.5 Å². The highest BCUT2D eigenvalue weighted by Gasteiger charge is 2.28. The van der Waals surface area contributed by atoms with Crippen LogP contribution in [0.25, 0.3) is 0 Å². The lowest BCUT2D eigenvalue weighted by Crippen LogP contribution is -2.55. The maximum absolute atomic E-state index is 13.9. The molecule has 222 valence electrons. The van der Waals surface area contributed by atoms with Gasteiger partial charge in [-0.3, -0.25) is 4.79 Å². The number of carbonyl (C=O) groups is 2. The van der Waals surface area contributed by atoms with Gasteiger partial charge >= 0.3 is 6.09 Å². The highest BCUT2D eigenvalue weighted by Crippen LogP contribution is 2.14. The number of unbranched alkanes of at least 4 members (excludes halogenated alkanes) is 1. The number of aliphatic hydroxyl groups excluding tert-OH is 2. The Hall–Kier alpha value is -3.08. The number of methoxy groups -OCH3 is 1. The Morgan fingerprint density at radius 1 is 0.925 bits per heavy atom. The van der Waals surface area contributed by atoms with Crippen LogP contribution >= 0.6 is 0 Å². The minimum atomic E-state index is -1.13. The summed E-state index contributed by atoms with van der Waals surface area (Å²) in [5.74, 6) is -2.14. The van der Waals surface area contributed by atoms with Gasteiger partial charge in [-0.15, -0.1) is 0 Å². The number of aryl methyl sites for hydroxylation is 1. The van der Waals surface area contributed by atoms with Crippen molar-refractivity contribution in [2.45, 2.75) is 89.6 Å². The van der Waals surface area contributed by atoms with Crippen LogP contribution in [0, 0.1) is 11.6 Å². The molecule has 8 nitrogen and oxygen atoms in total. The van der Waals surface area contributed by atoms with Crippen LogP contribution in [0.5, 0.6) is 0 Å². The molecule has 10 heteroatoms. The molecule has 0 radical (unpaired) electrons. The predicted molar refractivity (Wildman–Crippen MR) is 150 cm³/mol. The second-order valence-corrected chi connectivity index (χ2v) is 10.0. The number of aliphatic hydroxyl groups is 2. The molecule has 2 aromatic rings. The summed E-state index contributed by atoms with van der Waals surface area (Å²) in [6.45, 7) is 4.63. The highest BCUT2D eigenvalue weighted by atomic mass is 19.1. The second kappa shape index (κ2) is 17.6. The SMILES string of the molecule is CCCCC(O)CC[C@@H](NC(=O)OC)C(=O)N[C@@H](Cc1cc(F)cc(F)c1)[C@H](O)CNCc1cccc(CC)c1. The summed E-state index contributed by atoms with van der Waals surface area (Å²) in [4.78, 5) is 25.2. The Balaban J connectivity index is 2.15. The molecule has 0 saturated carbocycles. The molecular formula is C30H43F2N3O5. The fraction of sp³-hybridized carbons (Fsp3) is 0.533. The number of nitrogens with one attached hydrogen (secondary N) is 3. The Bertz CT molecular complexity index is 1050. The Morgan fingerprint density at radius 3 is 2.27 bits per heavy atom. The van der Waals surface area contributed by atoms with Gasteiger partial charge in [-0.1, -0.05) is 51.0 Å². The molecular weight excluding hydrogens is 520 g/mol. The van der Waals surface area contributed by atoms with Crippen molar-refractivity contribution >= 4 is 12.0 Å². The van der Waals surface area contributed by atoms with Gasteiger partial charge in [0.2, 0.25) is 5.91 Å². The molecule has 4 atom stereocenters. The van der Waals surface area contributed by atoms with Crippen LogP contribution < -0.4 is 16.0 Å². The lowest BCUT2D eigenvalue weighted by Gasteiger charge is -2.27. The van der Waals surface area contributed by atoms with E-state index in [0.29, 0.717) is 13.0 Å². The number of halogens is 2. The first kappa shape index (κ1) is 33.1. The van der Waals surface area contributed by atoms with Gasteiger partial charge in [0.15, 0.2) is 0 Å². The van der Waals surface area contributed by atoms with Crippen molar-refractivity contribution in [1.29, 1.82) is 0 Å². The Kier molecular flexibility index (Phi) is 14.6. The maximum Gasteiger partial charge on any atom is 0.407 e. The van der Waals surface area contributed by atoms with E-state index in [9.17, 15) is 28.6 Å². The van der Waals surface area contributed by atoms with Crippen molar-refractivity contribution in [2.75, 3.05) is 13.7 Å². The van der Waals surface area contributed by atoms with E-state index >= 15 is 0 Å². The Morgan fingerprint density at radius 2 is 1.62 bits per heavy atom. The summed E-state index contributed by atoms with van der Waals surface area (Å²) in [5, 5.41) is 29.7. The van der Waals surface area contributed by atoms with Crippen LogP contribution in [-0.4, -0.2) is 60.2 Å². The monoisotopic (exact) mass is 563 g/mol. The zero-order valence-electron chi connectivity index (χ0n) is 23.6. The quantitative estimate of drug-likeness (QED) is 0.200. The van der Waals surface area contributed by atoms with E-state index in [1.165, 1.54) is 12.7 Å². The topological polar surface area (TPSA) is 120 Å². The van der Waals surface area contributed by atoms with Crippen LogP contribution in [0.4, 0.5) is 13.6 Å². The number of alkyl carbamates (subject to hydrolysis) is 1. The average Bonchev–Trinajstić information content (AvgIpc) is 2.92. The standard InChI is InChI=1S/C30H43F2N3O5/c1-4-6-10-25(36)11-12-26(35-30(39)40-3)29(38)34-27(16-22-14-23(31)17-24(32)15-22)28(37)19-33-18-21-9-7-8-20(5-2)13-21/h7-9,13-15,17,25-28,33,36-37H,4-6,10-12,16,18-19H2,1-3H3,(H,34,38)(H,35,39)/t25?,26-,27+,28-/m1/s1. The second-order valence-electron chi connectivity index (χ2n) is 10.0. The molecule has 2 amide bonds. The predicted octanol–water partition coefficient (Wildman–Crippen LogP) is 3.76. The fourth-order valence-electron chi connectivity index (χ4n) is 4.43. The summed E-state index contributed by atoms with van der Waals surface area (Å²) in [6.07, 6.45) is 0.976. The van der Waals surface area contributed by atoms with E-state index in [1.54, 1.807) is 0 Å². The number of hydrogen-bond donors (Lipinski definition) is 5. The van der Waals surface area contributed by atoms with Crippen LogP contribution in [0.2, 0.25) is 0 Å². The smallest absolute Gasteiger partial charge is 0.407 e. The van der Waals surface area contributed by atoms with Crippen molar-refractivity contribution in [3.8, 4) is 0 Å².